The van der Waals surface area contributed by atoms with Crippen molar-refractivity contribution in [2.75, 3.05) is 18.1 Å². The summed E-state index contributed by atoms with van der Waals surface area (Å²) in [7, 11) is 0. The van der Waals surface area contributed by atoms with E-state index in [-0.39, 0.29) is 5.41 Å². The maximum Gasteiger partial charge on any atom is 0.0628 e. The molecule has 0 aromatic heterocycles. The molecule has 16 heavy (non-hydrogen) atoms. The van der Waals surface area contributed by atoms with Gasteiger partial charge >= 0.3 is 0 Å². The number of nitrogens with one attached hydrogen (secondary N) is 1. The highest BCUT2D eigenvalue weighted by atomic mass is 32.2. The smallest absolute Gasteiger partial charge is 0.0628 e. The number of hydrogen-bond donors (Lipinski definition) is 1. The molecule has 0 unspecified atom stereocenters. The van der Waals surface area contributed by atoms with Gasteiger partial charge in [0.2, 0.25) is 0 Å². The SMILES string of the molecule is CSc1ccccc1NCC1(CC#N)CC1. The van der Waals surface area contributed by atoms with Crippen molar-refractivity contribution >= 4 is 17.4 Å². The lowest BCUT2D eigenvalue weighted by molar-refractivity contribution is 0.557. The molecule has 0 heterocycles. The van der Waals surface area contributed by atoms with Crippen LogP contribution in [0.15, 0.2) is 29.2 Å². The number of anilines is 1. The summed E-state index contributed by atoms with van der Waals surface area (Å²) in [4.78, 5) is 1.27. The molecular formula is C13H16N2S. The number of thioether (sulfide) groups is 1. The Balaban J connectivity index is 1.97. The van der Waals surface area contributed by atoms with Gasteiger partial charge in [0.15, 0.2) is 0 Å². The van der Waals surface area contributed by atoms with Gasteiger partial charge in [-0.2, -0.15) is 5.26 Å². The van der Waals surface area contributed by atoms with Gasteiger partial charge in [0.05, 0.1) is 6.07 Å². The maximum atomic E-state index is 8.76. The van der Waals surface area contributed by atoms with Gasteiger partial charge in [0.25, 0.3) is 0 Å². The predicted molar refractivity (Wildman–Crippen MR) is 68.6 cm³/mol. The minimum Gasteiger partial charge on any atom is -0.384 e. The van der Waals surface area contributed by atoms with E-state index < -0.39 is 0 Å². The molecule has 84 valence electrons. The Morgan fingerprint density at radius 3 is 2.81 bits per heavy atom. The Labute approximate surface area is 101 Å². The Bertz CT molecular complexity index is 405. The number of hydrogen-bond acceptors (Lipinski definition) is 3. The first-order chi connectivity index (χ1) is 7.79. The van der Waals surface area contributed by atoms with Gasteiger partial charge in [-0.1, -0.05) is 12.1 Å². The third-order valence-corrected chi connectivity index (χ3v) is 3.97. The lowest BCUT2D eigenvalue weighted by Crippen LogP contribution is -2.15. The highest BCUT2D eigenvalue weighted by Crippen LogP contribution is 2.48. The molecule has 0 spiro atoms. The summed E-state index contributed by atoms with van der Waals surface area (Å²) < 4.78 is 0. The first-order valence-electron chi connectivity index (χ1n) is 5.53. The lowest BCUT2D eigenvalue weighted by Gasteiger charge is -2.15. The summed E-state index contributed by atoms with van der Waals surface area (Å²) in [6.45, 7) is 0.929. The number of nitrogens with zero attached hydrogens (tertiary/aromatic N) is 1. The quantitative estimate of drug-likeness (QED) is 0.789. The lowest BCUT2D eigenvalue weighted by atomic mass is 10.0. The molecule has 3 heteroatoms. The van der Waals surface area contributed by atoms with Crippen molar-refractivity contribution < 1.29 is 0 Å². The van der Waals surface area contributed by atoms with Crippen LogP contribution in [0.5, 0.6) is 0 Å². The van der Waals surface area contributed by atoms with E-state index in [1.54, 1.807) is 11.8 Å². The minimum atomic E-state index is 0.264. The molecule has 1 saturated carbocycles. The van der Waals surface area contributed by atoms with Crippen molar-refractivity contribution in [1.82, 2.24) is 0 Å². The second-order valence-corrected chi connectivity index (χ2v) is 5.24. The fourth-order valence-electron chi connectivity index (χ4n) is 1.83. The van der Waals surface area contributed by atoms with Gasteiger partial charge < -0.3 is 5.32 Å². The Morgan fingerprint density at radius 1 is 1.44 bits per heavy atom. The molecular weight excluding hydrogens is 216 g/mol. The number of rotatable bonds is 5. The Hall–Kier alpha value is -1.14. The van der Waals surface area contributed by atoms with Gasteiger partial charge in [-0.05, 0) is 31.2 Å². The molecule has 1 fully saturated rings. The van der Waals surface area contributed by atoms with Gasteiger partial charge in [0, 0.05) is 29.0 Å². The number of nitriles is 1. The van der Waals surface area contributed by atoms with Crippen LogP contribution >= 0.6 is 11.8 Å². The van der Waals surface area contributed by atoms with Gasteiger partial charge in [-0.3, -0.25) is 0 Å². The topological polar surface area (TPSA) is 35.8 Å². The molecule has 0 saturated heterocycles. The van der Waals surface area contributed by atoms with E-state index >= 15 is 0 Å². The van der Waals surface area contributed by atoms with Gasteiger partial charge in [-0.25, -0.2) is 0 Å². The standard InChI is InChI=1S/C13H16N2S/c1-16-12-5-3-2-4-11(12)15-10-13(6-7-13)8-9-14/h2-5,15H,6-8,10H2,1H3. The fourth-order valence-corrected chi connectivity index (χ4v) is 2.41. The molecule has 1 N–H and O–H groups in total. The van der Waals surface area contributed by atoms with Crippen LogP contribution in [0.4, 0.5) is 5.69 Å². The van der Waals surface area contributed by atoms with Crippen LogP contribution in [0.2, 0.25) is 0 Å². The highest BCUT2D eigenvalue weighted by Gasteiger charge is 2.42. The normalized spacial score (nSPS) is 16.5. The maximum absolute atomic E-state index is 8.76. The van der Waals surface area contributed by atoms with Crippen molar-refractivity contribution in [2.45, 2.75) is 24.2 Å². The monoisotopic (exact) mass is 232 g/mol. The zero-order valence-corrected chi connectivity index (χ0v) is 10.3. The third-order valence-electron chi connectivity index (χ3n) is 3.17. The Morgan fingerprint density at radius 2 is 2.19 bits per heavy atom. The van der Waals surface area contributed by atoms with Crippen molar-refractivity contribution in [3.63, 3.8) is 0 Å². The molecule has 0 atom stereocenters. The molecule has 2 nitrogen and oxygen atoms in total. The number of benzene rings is 1. The van der Waals surface area contributed by atoms with Crippen LogP contribution < -0.4 is 5.32 Å². The summed E-state index contributed by atoms with van der Waals surface area (Å²) in [5.41, 5.74) is 1.46. The zero-order chi connectivity index (χ0) is 11.4. The molecule has 1 aromatic carbocycles. The number of para-hydroxylation sites is 1. The average Bonchev–Trinajstić information content (AvgIpc) is 3.08. The van der Waals surface area contributed by atoms with Crippen LogP contribution in [0.25, 0.3) is 0 Å². The molecule has 1 aliphatic rings. The molecule has 0 amide bonds. The molecule has 2 rings (SSSR count). The summed E-state index contributed by atoms with van der Waals surface area (Å²) >= 11 is 1.75. The largest absolute Gasteiger partial charge is 0.384 e. The summed E-state index contributed by atoms with van der Waals surface area (Å²) in [5, 5.41) is 12.2. The van der Waals surface area contributed by atoms with E-state index in [0.29, 0.717) is 6.42 Å². The second-order valence-electron chi connectivity index (χ2n) is 4.39. The zero-order valence-electron chi connectivity index (χ0n) is 9.49. The molecule has 0 bridgehead atoms. The molecule has 1 aliphatic carbocycles. The van der Waals surface area contributed by atoms with Crippen molar-refractivity contribution in [1.29, 1.82) is 5.26 Å². The van der Waals surface area contributed by atoms with E-state index in [2.05, 4.69) is 35.8 Å². The van der Waals surface area contributed by atoms with E-state index in [1.807, 2.05) is 6.07 Å². The average molecular weight is 232 g/mol. The van der Waals surface area contributed by atoms with Crippen LogP contribution in [0, 0.1) is 16.7 Å². The van der Waals surface area contributed by atoms with Gasteiger partial charge in [0.1, 0.15) is 0 Å². The minimum absolute atomic E-state index is 0.264. The summed E-state index contributed by atoms with van der Waals surface area (Å²) in [6.07, 6.45) is 5.15. The van der Waals surface area contributed by atoms with Crippen LogP contribution in [0.1, 0.15) is 19.3 Å². The summed E-state index contributed by atoms with van der Waals surface area (Å²) in [6, 6.07) is 10.6. The molecule has 0 aliphatic heterocycles. The van der Waals surface area contributed by atoms with Crippen molar-refractivity contribution in [3.05, 3.63) is 24.3 Å². The predicted octanol–water partition coefficient (Wildman–Crippen LogP) is 3.51. The van der Waals surface area contributed by atoms with Crippen LogP contribution in [-0.2, 0) is 0 Å². The summed E-state index contributed by atoms with van der Waals surface area (Å²) in [5.74, 6) is 0. The van der Waals surface area contributed by atoms with E-state index in [1.165, 1.54) is 23.4 Å². The van der Waals surface area contributed by atoms with Crippen molar-refractivity contribution in [2.24, 2.45) is 5.41 Å². The van der Waals surface area contributed by atoms with E-state index in [4.69, 9.17) is 5.26 Å². The van der Waals surface area contributed by atoms with E-state index in [9.17, 15) is 0 Å². The van der Waals surface area contributed by atoms with Gasteiger partial charge in [-0.15, -0.1) is 11.8 Å². The van der Waals surface area contributed by atoms with Crippen molar-refractivity contribution in [3.8, 4) is 6.07 Å². The highest BCUT2D eigenvalue weighted by molar-refractivity contribution is 7.98. The molecule has 0 radical (unpaired) electrons. The van der Waals surface area contributed by atoms with Crippen LogP contribution in [0.3, 0.4) is 0 Å². The first kappa shape index (κ1) is 11.3. The van der Waals surface area contributed by atoms with Crippen LogP contribution in [-0.4, -0.2) is 12.8 Å². The fraction of sp³-hybridized carbons (Fsp3) is 0.462. The Kier molecular flexibility index (Phi) is 3.40. The third kappa shape index (κ3) is 2.51. The van der Waals surface area contributed by atoms with E-state index in [0.717, 1.165) is 6.54 Å². The molecule has 1 aromatic rings. The first-order valence-corrected chi connectivity index (χ1v) is 6.76. The second kappa shape index (κ2) is 4.80.